The second kappa shape index (κ2) is 4.70. The normalized spacial score (nSPS) is 24.1. The molecule has 1 aromatic rings. The van der Waals surface area contributed by atoms with Gasteiger partial charge in [-0.25, -0.2) is 0 Å². The van der Waals surface area contributed by atoms with Gasteiger partial charge in [0.15, 0.2) is 0 Å². The average Bonchev–Trinajstić information content (AvgIpc) is 2.55. The van der Waals surface area contributed by atoms with Gasteiger partial charge in [0.2, 0.25) is 5.91 Å². The smallest absolute Gasteiger partial charge is 0.233 e. The van der Waals surface area contributed by atoms with Gasteiger partial charge in [-0.15, -0.1) is 0 Å². The van der Waals surface area contributed by atoms with E-state index in [-0.39, 0.29) is 17.6 Å². The van der Waals surface area contributed by atoms with Crippen molar-refractivity contribution >= 4 is 11.7 Å². The van der Waals surface area contributed by atoms with Gasteiger partial charge in [-0.05, 0) is 18.4 Å². The Hall–Kier alpha value is -1.64. The van der Waals surface area contributed by atoms with Gasteiger partial charge in [0, 0.05) is 13.1 Å². The summed E-state index contributed by atoms with van der Waals surface area (Å²) in [6.45, 7) is 4.76. The molecule has 0 saturated carbocycles. The number of carbonyl (C=O) groups is 2. The second-order valence-corrected chi connectivity index (χ2v) is 4.77. The van der Waals surface area contributed by atoms with E-state index in [9.17, 15) is 9.59 Å². The minimum Gasteiger partial charge on any atom is -0.337 e. The Kier molecular flexibility index (Phi) is 3.27. The molecular weight excluding hydrogens is 214 g/mol. The first-order chi connectivity index (χ1) is 8.09. The molecule has 90 valence electrons. The summed E-state index contributed by atoms with van der Waals surface area (Å²) in [5.41, 5.74) is 1.11. The van der Waals surface area contributed by atoms with E-state index in [0.717, 1.165) is 5.56 Å². The minimum absolute atomic E-state index is 0.0157. The largest absolute Gasteiger partial charge is 0.337 e. The molecule has 0 aliphatic carbocycles. The summed E-state index contributed by atoms with van der Waals surface area (Å²) in [7, 11) is 0. The number of hydrogen-bond acceptors (Lipinski definition) is 2. The fraction of sp³-hybridized carbons (Fsp3) is 0.429. The van der Waals surface area contributed by atoms with Crippen molar-refractivity contribution in [3.05, 3.63) is 35.9 Å². The van der Waals surface area contributed by atoms with Crippen LogP contribution in [0.25, 0.3) is 0 Å². The first-order valence-corrected chi connectivity index (χ1v) is 5.92. The Morgan fingerprint density at radius 3 is 2.53 bits per heavy atom. The van der Waals surface area contributed by atoms with Crippen LogP contribution >= 0.6 is 0 Å². The molecule has 0 spiro atoms. The molecule has 0 bridgehead atoms. The summed E-state index contributed by atoms with van der Waals surface area (Å²) in [4.78, 5) is 25.3. The average molecular weight is 231 g/mol. The molecule has 0 unspecified atom stereocenters. The molecular formula is C14H17NO2. The number of ketones is 1. The van der Waals surface area contributed by atoms with Crippen molar-refractivity contribution in [2.24, 2.45) is 11.8 Å². The standard InChI is InChI=1S/C14H17NO2/c1-10-8-15(14(17)13(10)11(2)16)9-12-6-4-3-5-7-12/h3-7,10,13H,8-9H2,1-2H3/t10-,13-/m0/s1. The van der Waals surface area contributed by atoms with E-state index in [1.54, 1.807) is 4.90 Å². The fourth-order valence-electron chi connectivity index (χ4n) is 2.50. The molecule has 1 heterocycles. The number of likely N-dealkylation sites (tertiary alicyclic amines) is 1. The maximum Gasteiger partial charge on any atom is 0.233 e. The lowest BCUT2D eigenvalue weighted by Crippen LogP contribution is -2.29. The van der Waals surface area contributed by atoms with E-state index in [2.05, 4.69) is 0 Å². The highest BCUT2D eigenvalue weighted by Crippen LogP contribution is 2.26. The summed E-state index contributed by atoms with van der Waals surface area (Å²) < 4.78 is 0. The second-order valence-electron chi connectivity index (χ2n) is 4.77. The third-order valence-corrected chi connectivity index (χ3v) is 3.31. The van der Waals surface area contributed by atoms with Crippen molar-refractivity contribution in [3.63, 3.8) is 0 Å². The van der Waals surface area contributed by atoms with Crippen molar-refractivity contribution < 1.29 is 9.59 Å². The lowest BCUT2D eigenvalue weighted by atomic mass is 9.94. The van der Waals surface area contributed by atoms with Gasteiger partial charge >= 0.3 is 0 Å². The Balaban J connectivity index is 2.10. The van der Waals surface area contributed by atoms with Crippen LogP contribution in [0.5, 0.6) is 0 Å². The zero-order chi connectivity index (χ0) is 12.4. The molecule has 3 nitrogen and oxygen atoms in total. The summed E-state index contributed by atoms with van der Waals surface area (Å²) in [5, 5.41) is 0. The molecule has 17 heavy (non-hydrogen) atoms. The van der Waals surface area contributed by atoms with Crippen molar-refractivity contribution in [1.29, 1.82) is 0 Å². The molecule has 0 N–H and O–H groups in total. The van der Waals surface area contributed by atoms with Crippen LogP contribution in [-0.4, -0.2) is 23.1 Å². The molecule has 0 radical (unpaired) electrons. The van der Waals surface area contributed by atoms with Gasteiger partial charge in [-0.1, -0.05) is 37.3 Å². The summed E-state index contributed by atoms with van der Waals surface area (Å²) in [6, 6.07) is 9.87. The lowest BCUT2D eigenvalue weighted by Gasteiger charge is -2.16. The number of benzene rings is 1. The van der Waals surface area contributed by atoms with Crippen LogP contribution in [0.3, 0.4) is 0 Å². The first kappa shape index (κ1) is 11.8. The van der Waals surface area contributed by atoms with Gasteiger partial charge in [-0.2, -0.15) is 0 Å². The van der Waals surface area contributed by atoms with Gasteiger partial charge in [0.05, 0.1) is 0 Å². The highest BCUT2D eigenvalue weighted by Gasteiger charge is 2.40. The molecule has 1 amide bonds. The molecule has 3 heteroatoms. The van der Waals surface area contributed by atoms with Gasteiger partial charge < -0.3 is 4.90 Å². The van der Waals surface area contributed by atoms with E-state index < -0.39 is 5.92 Å². The molecule has 1 aliphatic heterocycles. The van der Waals surface area contributed by atoms with E-state index in [4.69, 9.17) is 0 Å². The molecule has 1 saturated heterocycles. The van der Waals surface area contributed by atoms with Crippen molar-refractivity contribution in [2.75, 3.05) is 6.54 Å². The van der Waals surface area contributed by atoms with Gasteiger partial charge in [-0.3, -0.25) is 9.59 Å². The summed E-state index contributed by atoms with van der Waals surface area (Å²) in [6.07, 6.45) is 0. The molecule has 2 atom stereocenters. The van der Waals surface area contributed by atoms with Gasteiger partial charge in [0.1, 0.15) is 11.7 Å². The Morgan fingerprint density at radius 2 is 2.00 bits per heavy atom. The van der Waals surface area contributed by atoms with E-state index in [1.165, 1.54) is 6.92 Å². The highest BCUT2D eigenvalue weighted by molar-refractivity contribution is 6.01. The number of nitrogens with zero attached hydrogens (tertiary/aromatic N) is 1. The van der Waals surface area contributed by atoms with Crippen LogP contribution in [0.1, 0.15) is 19.4 Å². The minimum atomic E-state index is -0.432. The highest BCUT2D eigenvalue weighted by atomic mass is 16.2. The number of carbonyl (C=O) groups excluding carboxylic acids is 2. The summed E-state index contributed by atoms with van der Waals surface area (Å²) in [5.74, 6) is -0.339. The van der Waals surface area contributed by atoms with Crippen LogP contribution in [0.15, 0.2) is 30.3 Å². The van der Waals surface area contributed by atoms with Crippen molar-refractivity contribution in [1.82, 2.24) is 4.90 Å². The summed E-state index contributed by atoms with van der Waals surface area (Å²) >= 11 is 0. The number of hydrogen-bond donors (Lipinski definition) is 0. The van der Waals surface area contributed by atoms with E-state index >= 15 is 0 Å². The monoisotopic (exact) mass is 231 g/mol. The predicted octanol–water partition coefficient (Wildman–Crippen LogP) is 1.87. The topological polar surface area (TPSA) is 37.4 Å². The lowest BCUT2D eigenvalue weighted by molar-refractivity contribution is -0.136. The van der Waals surface area contributed by atoms with Gasteiger partial charge in [0.25, 0.3) is 0 Å². The number of Topliss-reactive ketones (excluding diaryl/α,β-unsaturated/α-hetero) is 1. The van der Waals surface area contributed by atoms with Crippen LogP contribution in [-0.2, 0) is 16.1 Å². The zero-order valence-electron chi connectivity index (χ0n) is 10.2. The van der Waals surface area contributed by atoms with E-state index in [1.807, 2.05) is 37.3 Å². The predicted molar refractivity (Wildman–Crippen MR) is 65.2 cm³/mol. The molecule has 1 aliphatic rings. The molecule has 1 aromatic carbocycles. The maximum atomic E-state index is 12.1. The number of amides is 1. The van der Waals surface area contributed by atoms with Crippen LogP contribution < -0.4 is 0 Å². The SMILES string of the molecule is CC(=O)[C@H]1C(=O)N(Cc2ccccc2)C[C@@H]1C. The number of rotatable bonds is 3. The third kappa shape index (κ3) is 2.38. The first-order valence-electron chi connectivity index (χ1n) is 5.92. The zero-order valence-corrected chi connectivity index (χ0v) is 10.2. The fourth-order valence-corrected chi connectivity index (χ4v) is 2.50. The van der Waals surface area contributed by atoms with Crippen LogP contribution in [0, 0.1) is 11.8 Å². The quantitative estimate of drug-likeness (QED) is 0.745. The van der Waals surface area contributed by atoms with Crippen molar-refractivity contribution in [3.8, 4) is 0 Å². The van der Waals surface area contributed by atoms with Crippen LogP contribution in [0.4, 0.5) is 0 Å². The maximum absolute atomic E-state index is 12.1. The molecule has 0 aromatic heterocycles. The Morgan fingerprint density at radius 1 is 1.35 bits per heavy atom. The molecule has 2 rings (SSSR count). The Bertz CT molecular complexity index is 427. The third-order valence-electron chi connectivity index (χ3n) is 3.31. The van der Waals surface area contributed by atoms with E-state index in [0.29, 0.717) is 13.1 Å². The van der Waals surface area contributed by atoms with Crippen molar-refractivity contribution in [2.45, 2.75) is 20.4 Å². The Labute approximate surface area is 101 Å². The van der Waals surface area contributed by atoms with Crippen LogP contribution in [0.2, 0.25) is 0 Å². The molecule has 1 fully saturated rings.